The van der Waals surface area contributed by atoms with E-state index in [4.69, 9.17) is 9.47 Å². The number of ether oxygens (including phenoxy) is 2. The second-order valence-corrected chi connectivity index (χ2v) is 5.20. The molecule has 98 valence electrons. The van der Waals surface area contributed by atoms with Crippen LogP contribution in [0, 0.1) is 5.92 Å². The molecule has 1 N–H and O–H groups in total. The molecule has 0 spiro atoms. The van der Waals surface area contributed by atoms with E-state index in [-0.39, 0.29) is 6.10 Å². The van der Waals surface area contributed by atoms with Crippen LogP contribution in [-0.4, -0.2) is 32.5 Å². The largest absolute Gasteiger partial charge is 0.376 e. The normalized spacial score (nSPS) is 25.9. The van der Waals surface area contributed by atoms with Gasteiger partial charge in [0.1, 0.15) is 0 Å². The van der Waals surface area contributed by atoms with Gasteiger partial charge in [0.25, 0.3) is 0 Å². The van der Waals surface area contributed by atoms with Crippen LogP contribution < -0.4 is 5.32 Å². The van der Waals surface area contributed by atoms with Crippen molar-refractivity contribution in [2.75, 3.05) is 26.4 Å². The maximum Gasteiger partial charge on any atom is 0.0933 e. The lowest BCUT2D eigenvalue weighted by atomic mass is 10.0. The van der Waals surface area contributed by atoms with Crippen LogP contribution in [0.1, 0.15) is 24.4 Å². The van der Waals surface area contributed by atoms with Gasteiger partial charge in [0.05, 0.1) is 25.9 Å². The van der Waals surface area contributed by atoms with E-state index in [1.54, 1.807) is 0 Å². The minimum absolute atomic E-state index is 0.212. The average Bonchev–Trinajstić information content (AvgIpc) is 3.26. The van der Waals surface area contributed by atoms with E-state index >= 15 is 0 Å². The summed E-state index contributed by atoms with van der Waals surface area (Å²) >= 11 is 0. The molecule has 0 amide bonds. The summed E-state index contributed by atoms with van der Waals surface area (Å²) in [6.45, 7) is 3.07. The molecule has 1 saturated carbocycles. The summed E-state index contributed by atoms with van der Waals surface area (Å²) in [6, 6.07) is 11.2. The Morgan fingerprint density at radius 1 is 1.17 bits per heavy atom. The first kappa shape index (κ1) is 12.2. The Morgan fingerprint density at radius 2 is 2.00 bits per heavy atom. The highest BCUT2D eigenvalue weighted by molar-refractivity contribution is 5.21. The maximum atomic E-state index is 5.68. The fourth-order valence-corrected chi connectivity index (χ4v) is 2.56. The Balaban J connectivity index is 1.57. The Bertz CT molecular complexity index is 358. The predicted octanol–water partition coefficient (Wildman–Crippen LogP) is 2.14. The van der Waals surface area contributed by atoms with Gasteiger partial charge < -0.3 is 14.8 Å². The van der Waals surface area contributed by atoms with Gasteiger partial charge in [-0.15, -0.1) is 0 Å². The van der Waals surface area contributed by atoms with Gasteiger partial charge in [-0.05, 0) is 24.3 Å². The van der Waals surface area contributed by atoms with Crippen molar-refractivity contribution in [3.8, 4) is 0 Å². The zero-order valence-electron chi connectivity index (χ0n) is 10.7. The minimum Gasteiger partial charge on any atom is -0.376 e. The molecule has 0 bridgehead atoms. The van der Waals surface area contributed by atoms with Crippen molar-refractivity contribution in [2.45, 2.75) is 25.0 Å². The molecule has 18 heavy (non-hydrogen) atoms. The fourth-order valence-electron chi connectivity index (χ4n) is 2.56. The summed E-state index contributed by atoms with van der Waals surface area (Å²) in [4.78, 5) is 0. The van der Waals surface area contributed by atoms with E-state index < -0.39 is 0 Å². The molecule has 2 unspecified atom stereocenters. The van der Waals surface area contributed by atoms with Crippen LogP contribution in [0.15, 0.2) is 30.3 Å². The highest BCUT2D eigenvalue weighted by atomic mass is 16.6. The minimum atomic E-state index is 0.212. The number of nitrogens with one attached hydrogen (secondary N) is 1. The highest BCUT2D eigenvalue weighted by Crippen LogP contribution is 2.40. The molecule has 2 fully saturated rings. The zero-order chi connectivity index (χ0) is 12.2. The summed E-state index contributed by atoms with van der Waals surface area (Å²) in [6.07, 6.45) is 2.90. The Morgan fingerprint density at radius 3 is 2.67 bits per heavy atom. The van der Waals surface area contributed by atoms with Crippen LogP contribution in [0.3, 0.4) is 0 Å². The molecule has 0 aromatic heterocycles. The summed E-state index contributed by atoms with van der Waals surface area (Å²) in [5.74, 6) is 0.803. The molecule has 1 aliphatic heterocycles. The smallest absolute Gasteiger partial charge is 0.0933 e. The molecule has 0 radical (unpaired) electrons. The third kappa shape index (κ3) is 3.10. The van der Waals surface area contributed by atoms with E-state index in [1.165, 1.54) is 18.4 Å². The molecule has 1 aromatic rings. The van der Waals surface area contributed by atoms with Gasteiger partial charge in [-0.1, -0.05) is 30.3 Å². The van der Waals surface area contributed by atoms with Crippen molar-refractivity contribution in [1.29, 1.82) is 0 Å². The number of benzene rings is 1. The molecular weight excluding hydrogens is 226 g/mol. The first-order chi connectivity index (χ1) is 8.93. The van der Waals surface area contributed by atoms with Crippen molar-refractivity contribution in [2.24, 2.45) is 5.92 Å². The lowest BCUT2D eigenvalue weighted by Crippen LogP contribution is -2.39. The van der Waals surface area contributed by atoms with E-state index in [0.717, 1.165) is 32.3 Å². The van der Waals surface area contributed by atoms with Crippen LogP contribution in [-0.2, 0) is 9.47 Å². The molecule has 1 saturated heterocycles. The first-order valence-electron chi connectivity index (χ1n) is 6.91. The summed E-state index contributed by atoms with van der Waals surface area (Å²) in [7, 11) is 0. The van der Waals surface area contributed by atoms with Crippen molar-refractivity contribution < 1.29 is 9.47 Å². The third-order valence-electron chi connectivity index (χ3n) is 3.70. The molecular formula is C15H21NO2. The average molecular weight is 247 g/mol. The molecule has 1 aromatic carbocycles. The van der Waals surface area contributed by atoms with Gasteiger partial charge in [-0.25, -0.2) is 0 Å². The summed E-state index contributed by atoms with van der Waals surface area (Å²) in [5, 5.41) is 3.66. The number of hydrogen-bond donors (Lipinski definition) is 1. The van der Waals surface area contributed by atoms with E-state index in [1.807, 2.05) is 0 Å². The molecule has 3 heteroatoms. The van der Waals surface area contributed by atoms with Crippen molar-refractivity contribution in [1.82, 2.24) is 5.32 Å². The first-order valence-corrected chi connectivity index (χ1v) is 6.91. The topological polar surface area (TPSA) is 30.5 Å². The third-order valence-corrected chi connectivity index (χ3v) is 3.70. The van der Waals surface area contributed by atoms with Crippen LogP contribution in [0.4, 0.5) is 0 Å². The summed E-state index contributed by atoms with van der Waals surface area (Å²) < 4.78 is 11.1. The van der Waals surface area contributed by atoms with Crippen LogP contribution >= 0.6 is 0 Å². The quantitative estimate of drug-likeness (QED) is 0.864. The van der Waals surface area contributed by atoms with Crippen molar-refractivity contribution in [3.05, 3.63) is 35.9 Å². The monoisotopic (exact) mass is 247 g/mol. The molecule has 1 aliphatic carbocycles. The summed E-state index contributed by atoms with van der Waals surface area (Å²) in [5.41, 5.74) is 1.40. The second kappa shape index (κ2) is 5.83. The van der Waals surface area contributed by atoms with Crippen LogP contribution in [0.5, 0.6) is 0 Å². The Hall–Kier alpha value is -0.900. The van der Waals surface area contributed by atoms with E-state index in [2.05, 4.69) is 35.6 Å². The van der Waals surface area contributed by atoms with Crippen LogP contribution in [0.2, 0.25) is 0 Å². The van der Waals surface area contributed by atoms with Crippen molar-refractivity contribution >= 4 is 0 Å². The van der Waals surface area contributed by atoms with E-state index in [0.29, 0.717) is 6.04 Å². The van der Waals surface area contributed by atoms with Gasteiger partial charge in [-0.3, -0.25) is 0 Å². The zero-order valence-corrected chi connectivity index (χ0v) is 10.7. The Kier molecular flexibility index (Phi) is 3.93. The standard InChI is InChI=1S/C15H21NO2/c1-2-4-12(5-3-1)15(13-6-7-13)16-10-14-11-17-8-9-18-14/h1-5,13-16H,6-11H2. The van der Waals surface area contributed by atoms with Gasteiger partial charge in [-0.2, -0.15) is 0 Å². The van der Waals surface area contributed by atoms with Gasteiger partial charge >= 0.3 is 0 Å². The van der Waals surface area contributed by atoms with Gasteiger partial charge in [0.2, 0.25) is 0 Å². The maximum absolute atomic E-state index is 5.68. The van der Waals surface area contributed by atoms with Gasteiger partial charge in [0.15, 0.2) is 0 Å². The SMILES string of the molecule is c1ccc(C(NCC2COCCO2)C2CC2)cc1. The van der Waals surface area contributed by atoms with E-state index in [9.17, 15) is 0 Å². The fraction of sp³-hybridized carbons (Fsp3) is 0.600. The van der Waals surface area contributed by atoms with Crippen LogP contribution in [0.25, 0.3) is 0 Å². The van der Waals surface area contributed by atoms with Crippen molar-refractivity contribution in [3.63, 3.8) is 0 Å². The molecule has 1 heterocycles. The Labute approximate surface area is 108 Å². The van der Waals surface area contributed by atoms with Gasteiger partial charge in [0, 0.05) is 12.6 Å². The predicted molar refractivity (Wildman–Crippen MR) is 70.5 cm³/mol. The lowest BCUT2D eigenvalue weighted by Gasteiger charge is -2.26. The molecule has 2 atom stereocenters. The lowest BCUT2D eigenvalue weighted by molar-refractivity contribution is -0.0872. The number of rotatable bonds is 5. The highest BCUT2D eigenvalue weighted by Gasteiger charge is 2.32. The molecule has 3 nitrogen and oxygen atoms in total. The molecule has 3 rings (SSSR count). The molecule has 2 aliphatic rings. The second-order valence-electron chi connectivity index (χ2n) is 5.20. The number of hydrogen-bond acceptors (Lipinski definition) is 3.